The van der Waals surface area contributed by atoms with Crippen LogP contribution in [0.25, 0.3) is 0 Å². The molecule has 8 aliphatic rings. The second kappa shape index (κ2) is 67.0. The number of rotatable bonds is 74. The largest absolute Gasteiger partial charge is 0.466 e. The molecule has 0 aromatic heterocycles. The Bertz CT molecular complexity index is 2150. The second-order valence-electron chi connectivity index (χ2n) is 35.1. The van der Waals surface area contributed by atoms with Crippen LogP contribution in [0.5, 0.6) is 0 Å². The smallest absolute Gasteiger partial charge is 0.305 e. The molecule has 8 fully saturated rings. The van der Waals surface area contributed by atoms with E-state index >= 15 is 0 Å². The molecule has 0 radical (unpaired) electrons. The van der Waals surface area contributed by atoms with E-state index in [1.165, 1.54) is 257 Å². The molecular weight excluding hydrogens is 1390 g/mol. The van der Waals surface area contributed by atoms with E-state index in [1.807, 2.05) is 0 Å². The van der Waals surface area contributed by atoms with Crippen LogP contribution in [0.15, 0.2) is 0 Å². The molecule has 0 spiro atoms. The maximum absolute atomic E-state index is 11.7. The average molecular weight is 1550 g/mol. The number of hydrogen-bond donors (Lipinski definition) is 0. The first-order valence-electron chi connectivity index (χ1n) is 47.2. The molecule has 8 rings (SSSR count). The molecule has 8 saturated carbocycles. The van der Waals surface area contributed by atoms with Gasteiger partial charge in [-0.25, -0.2) is 0 Å². The van der Waals surface area contributed by atoms with Crippen molar-refractivity contribution in [3.05, 3.63) is 0 Å². The Labute approximate surface area is 670 Å². The van der Waals surface area contributed by atoms with E-state index in [-0.39, 0.29) is 61.0 Å². The first-order valence-corrected chi connectivity index (χ1v) is 47.2. The van der Waals surface area contributed by atoms with Crippen LogP contribution in [0, 0.1) is 47.3 Å². The lowest BCUT2D eigenvalue weighted by Crippen LogP contribution is -2.13. The van der Waals surface area contributed by atoms with Gasteiger partial charge in [0.25, 0.3) is 0 Å². The fourth-order valence-electron chi connectivity index (χ4n) is 14.3. The Morgan fingerprint density at radius 3 is 0.409 bits per heavy atom. The van der Waals surface area contributed by atoms with Crippen molar-refractivity contribution >= 4 is 47.8 Å². The Morgan fingerprint density at radius 1 is 0.136 bits per heavy atom. The van der Waals surface area contributed by atoms with Crippen molar-refractivity contribution in [2.75, 3.05) is 52.9 Å². The minimum atomic E-state index is -0.168. The summed E-state index contributed by atoms with van der Waals surface area (Å²) in [6.45, 7) is 2.97. The van der Waals surface area contributed by atoms with Crippen LogP contribution >= 0.6 is 0 Å². The molecule has 0 bridgehead atoms. The minimum Gasteiger partial charge on any atom is -0.466 e. The highest BCUT2D eigenvalue weighted by Crippen LogP contribution is 2.39. The normalized spacial score (nSPS) is 16.2. The Balaban J connectivity index is 0.000000263. The molecule has 110 heavy (non-hydrogen) atoms. The van der Waals surface area contributed by atoms with Crippen molar-refractivity contribution in [2.45, 2.75) is 449 Å². The van der Waals surface area contributed by atoms with Crippen molar-refractivity contribution in [2.24, 2.45) is 47.3 Å². The number of unbranched alkanes of at least 4 members (excludes halogenated alkanes) is 27. The first kappa shape index (κ1) is 96.3. The summed E-state index contributed by atoms with van der Waals surface area (Å²) in [5.41, 5.74) is 0. The van der Waals surface area contributed by atoms with Gasteiger partial charge in [0.1, 0.15) is 13.2 Å². The fraction of sp³-hybridized carbons (Fsp3) is 0.915. The van der Waals surface area contributed by atoms with Gasteiger partial charge in [-0.2, -0.15) is 0 Å². The molecule has 16 heteroatoms. The van der Waals surface area contributed by atoms with E-state index in [2.05, 4.69) is 0 Å². The SMILES string of the molecule is O=C(CCCCCCC1CC1)OCCCCCOC(=O)CCCCCCC1CC1.O=C(CCCCCCC1CC1)OCCCCOC(=O)CCCCCCC1CC1.O=C(CCCCCCC1CC1)OCCCOC(=O)CCCCCCC1CC1.O=C(CCCCCCC1CC1)OCCOC(=O)CCCCCCC1CC1. The molecule has 0 heterocycles. The molecular formula is C94H164O16. The molecule has 8 aliphatic carbocycles. The molecule has 0 aliphatic heterocycles. The number of esters is 8. The van der Waals surface area contributed by atoms with Crippen molar-refractivity contribution in [3.63, 3.8) is 0 Å². The van der Waals surface area contributed by atoms with E-state index in [4.69, 9.17) is 37.9 Å². The zero-order chi connectivity index (χ0) is 78.0. The van der Waals surface area contributed by atoms with Crippen LogP contribution in [0.3, 0.4) is 0 Å². The summed E-state index contributed by atoms with van der Waals surface area (Å²) in [5.74, 6) is 7.28. The average Bonchev–Trinajstić information content (AvgIpc) is 1.85. The molecule has 0 unspecified atom stereocenters. The number of hydrogen-bond acceptors (Lipinski definition) is 16. The van der Waals surface area contributed by atoms with Crippen LogP contribution in [0.2, 0.25) is 0 Å². The monoisotopic (exact) mass is 1550 g/mol. The summed E-state index contributed by atoms with van der Waals surface area (Å²) in [6.07, 6.45) is 79.9. The van der Waals surface area contributed by atoms with E-state index < -0.39 is 0 Å². The molecule has 0 aromatic carbocycles. The lowest BCUT2D eigenvalue weighted by atomic mass is 10.1. The van der Waals surface area contributed by atoms with Crippen molar-refractivity contribution in [1.29, 1.82) is 0 Å². The maximum Gasteiger partial charge on any atom is 0.305 e. The van der Waals surface area contributed by atoms with Gasteiger partial charge in [0, 0.05) is 57.8 Å². The molecule has 16 nitrogen and oxygen atoms in total. The highest BCUT2D eigenvalue weighted by Gasteiger charge is 2.25. The molecule has 0 atom stereocenters. The van der Waals surface area contributed by atoms with Crippen LogP contribution < -0.4 is 0 Å². The second-order valence-corrected chi connectivity index (χ2v) is 35.1. The topological polar surface area (TPSA) is 210 Å². The summed E-state index contributed by atoms with van der Waals surface area (Å²) in [7, 11) is 0. The highest BCUT2D eigenvalue weighted by molar-refractivity contribution is 5.72. The van der Waals surface area contributed by atoms with Gasteiger partial charge in [0.05, 0.1) is 39.6 Å². The van der Waals surface area contributed by atoms with Gasteiger partial charge in [-0.15, -0.1) is 0 Å². The molecule has 0 amide bonds. The zero-order valence-electron chi connectivity index (χ0n) is 70.3. The molecule has 0 saturated heterocycles. The van der Waals surface area contributed by atoms with Crippen molar-refractivity contribution < 1.29 is 76.3 Å². The first-order chi connectivity index (χ1) is 53.9. The molecule has 0 N–H and O–H groups in total. The fourth-order valence-corrected chi connectivity index (χ4v) is 14.3. The van der Waals surface area contributed by atoms with Gasteiger partial charge in [0.15, 0.2) is 0 Å². The van der Waals surface area contributed by atoms with Gasteiger partial charge >= 0.3 is 47.8 Å². The van der Waals surface area contributed by atoms with Gasteiger partial charge in [-0.3, -0.25) is 38.4 Å². The van der Waals surface area contributed by atoms with E-state index in [9.17, 15) is 38.4 Å². The zero-order valence-corrected chi connectivity index (χ0v) is 70.3. The van der Waals surface area contributed by atoms with Crippen LogP contribution in [0.1, 0.15) is 449 Å². The van der Waals surface area contributed by atoms with Gasteiger partial charge in [0.2, 0.25) is 0 Å². The predicted octanol–water partition coefficient (Wildman–Crippen LogP) is 24.6. The quantitative estimate of drug-likeness (QED) is 0.0315. The van der Waals surface area contributed by atoms with E-state index in [0.717, 1.165) is 182 Å². The van der Waals surface area contributed by atoms with Gasteiger partial charge in [-0.1, -0.05) is 308 Å². The number of ether oxygens (including phenoxy) is 8. The summed E-state index contributed by atoms with van der Waals surface area (Å²) in [5, 5.41) is 0. The third-order valence-corrected chi connectivity index (χ3v) is 23.3. The van der Waals surface area contributed by atoms with E-state index in [1.54, 1.807) is 0 Å². The number of carbonyl (C=O) groups excluding carboxylic acids is 8. The summed E-state index contributed by atoms with van der Waals surface area (Å²) in [4.78, 5) is 93.2. The van der Waals surface area contributed by atoms with Gasteiger partial charge in [-0.05, 0) is 131 Å². The van der Waals surface area contributed by atoms with Crippen molar-refractivity contribution in [3.8, 4) is 0 Å². The van der Waals surface area contributed by atoms with Crippen LogP contribution in [-0.4, -0.2) is 101 Å². The van der Waals surface area contributed by atoms with E-state index in [0.29, 0.717) is 97.4 Å². The third kappa shape index (κ3) is 69.3. The lowest BCUT2D eigenvalue weighted by molar-refractivity contribution is -0.152. The Morgan fingerprint density at radius 2 is 0.255 bits per heavy atom. The Kier molecular flexibility index (Phi) is 58.7. The van der Waals surface area contributed by atoms with Gasteiger partial charge < -0.3 is 37.9 Å². The molecule has 636 valence electrons. The summed E-state index contributed by atoms with van der Waals surface area (Å²) in [6, 6.07) is 0. The molecule has 0 aromatic rings. The lowest BCUT2D eigenvalue weighted by Gasteiger charge is -2.07. The summed E-state index contributed by atoms with van der Waals surface area (Å²) >= 11 is 0. The highest BCUT2D eigenvalue weighted by atomic mass is 16.6. The Hall–Kier alpha value is -4.24. The maximum atomic E-state index is 11.7. The predicted molar refractivity (Wildman–Crippen MR) is 439 cm³/mol. The standard InChI is InChI=1S/C25H44O4.C24H42O4.C23H40O4.C22H38O4/c26-24(14-8-3-1-6-12-22-16-17-22)28-20-10-5-11-21-29-25(27)15-9-4-2-7-13-23-18-19-23;25-23(13-7-3-1-5-11-21-15-16-21)27-19-9-10-20-28-24(26)14-8-4-2-6-12-22-17-18-22;24-22(12-7-3-1-5-10-20-14-15-20)26-18-9-19-27-23(25)13-8-4-2-6-11-21-16-17-21;23-21(11-7-3-1-5-9-19-13-14-19)25-17-18-26-22(24)12-8-4-2-6-10-20-15-16-20/h22-23H,1-21H2;21-22H,1-20H2;20-21H,1-19H2;19-20H,1-18H2. The third-order valence-electron chi connectivity index (χ3n) is 23.3. The summed E-state index contributed by atoms with van der Waals surface area (Å²) < 4.78 is 41.7. The minimum absolute atomic E-state index is 0.0595. The van der Waals surface area contributed by atoms with Crippen LogP contribution in [0.4, 0.5) is 0 Å². The number of carbonyl (C=O) groups is 8. The van der Waals surface area contributed by atoms with Crippen LogP contribution in [-0.2, 0) is 76.3 Å². The van der Waals surface area contributed by atoms with Crippen molar-refractivity contribution in [1.82, 2.24) is 0 Å².